The van der Waals surface area contributed by atoms with Crippen molar-refractivity contribution in [3.8, 4) is 5.75 Å². The van der Waals surface area contributed by atoms with E-state index in [1.807, 2.05) is 24.1 Å². The first kappa shape index (κ1) is 39.3. The quantitative estimate of drug-likeness (QED) is 0.240. The lowest BCUT2D eigenvalue weighted by Gasteiger charge is -2.65. The van der Waals surface area contributed by atoms with E-state index in [1.54, 1.807) is 7.11 Å². The van der Waals surface area contributed by atoms with Gasteiger partial charge >= 0.3 is 17.9 Å². The van der Waals surface area contributed by atoms with Gasteiger partial charge in [0.05, 0.1) is 27.4 Å². The van der Waals surface area contributed by atoms with E-state index in [1.165, 1.54) is 21.1 Å². The SMILES string of the molecule is CCC1CCN2CCc3c([nH]c4ccccc34)C(C(=O)OC)(c3cc4c(cc3OC)N(C)C3C(O)(C(=O)OC)C(OC(C)=O)C5(CC)CCCN6CCC43C65)CC2C1. The third-order valence-electron chi connectivity index (χ3n) is 16.1. The molecule has 0 radical (unpaired) electrons. The van der Waals surface area contributed by atoms with Crippen molar-refractivity contribution in [2.24, 2.45) is 11.3 Å². The molecule has 2 aromatic carbocycles. The van der Waals surface area contributed by atoms with Gasteiger partial charge in [-0.3, -0.25) is 19.4 Å². The molecule has 58 heavy (non-hydrogen) atoms. The lowest BCUT2D eigenvalue weighted by atomic mass is 9.46. The van der Waals surface area contributed by atoms with Crippen molar-refractivity contribution in [2.45, 2.75) is 119 Å². The van der Waals surface area contributed by atoms with Gasteiger partial charge in [0.1, 0.15) is 11.2 Å². The number of carbonyl (C=O) groups excluding carboxylic acids is 3. The number of hydrogen-bond donors (Lipinski definition) is 2. The number of methoxy groups -OCH3 is 3. The number of nitrogens with one attached hydrogen (secondary N) is 1. The maximum atomic E-state index is 15.3. The van der Waals surface area contributed by atoms with Crippen molar-refractivity contribution in [3.63, 3.8) is 0 Å². The predicted molar refractivity (Wildman–Crippen MR) is 219 cm³/mol. The molecule has 1 aliphatic carbocycles. The van der Waals surface area contributed by atoms with Crippen LogP contribution in [-0.2, 0) is 45.8 Å². The van der Waals surface area contributed by atoms with Crippen LogP contribution >= 0.6 is 0 Å². The number of ether oxygens (including phenoxy) is 4. The first-order chi connectivity index (χ1) is 27.9. The van der Waals surface area contributed by atoms with Crippen LogP contribution in [0.4, 0.5) is 5.69 Å². The zero-order chi connectivity index (χ0) is 40.9. The van der Waals surface area contributed by atoms with E-state index in [0.717, 1.165) is 97.3 Å². The summed E-state index contributed by atoms with van der Waals surface area (Å²) in [4.78, 5) is 53.7. The van der Waals surface area contributed by atoms with Gasteiger partial charge < -0.3 is 33.9 Å². The van der Waals surface area contributed by atoms with Gasteiger partial charge in [0.15, 0.2) is 6.10 Å². The molecule has 9 atom stereocenters. The van der Waals surface area contributed by atoms with Crippen LogP contribution in [0.5, 0.6) is 5.75 Å². The Morgan fingerprint density at radius 2 is 1.71 bits per heavy atom. The number of aromatic nitrogens is 1. The van der Waals surface area contributed by atoms with Crippen molar-refractivity contribution >= 4 is 34.5 Å². The first-order valence-electron chi connectivity index (χ1n) is 21.5. The number of carbonyl (C=O) groups is 3. The molecule has 1 aromatic heterocycles. The number of anilines is 1. The lowest BCUT2D eigenvalue weighted by molar-refractivity contribution is -0.242. The molecule has 0 bridgehead atoms. The van der Waals surface area contributed by atoms with Crippen LogP contribution in [0.2, 0.25) is 0 Å². The van der Waals surface area contributed by atoms with Gasteiger partial charge in [0.2, 0.25) is 5.60 Å². The highest BCUT2D eigenvalue weighted by Gasteiger charge is 2.81. The summed E-state index contributed by atoms with van der Waals surface area (Å²) in [5.74, 6) is -0.635. The Hall–Kier alpha value is -4.13. The molecule has 9 unspecified atom stereocenters. The number of rotatable bonds is 7. The number of H-pyrrole nitrogens is 1. The Morgan fingerprint density at radius 3 is 2.41 bits per heavy atom. The van der Waals surface area contributed by atoms with Gasteiger partial charge in [-0.15, -0.1) is 0 Å². The van der Waals surface area contributed by atoms with Crippen LogP contribution in [0.15, 0.2) is 36.4 Å². The number of fused-ring (bicyclic) bond motifs is 5. The fourth-order valence-electron chi connectivity index (χ4n) is 13.9. The minimum Gasteiger partial charge on any atom is -0.496 e. The zero-order valence-corrected chi connectivity index (χ0v) is 35.2. The normalized spacial score (nSPS) is 35.4. The maximum Gasteiger partial charge on any atom is 0.344 e. The van der Waals surface area contributed by atoms with Crippen LogP contribution in [-0.4, -0.2) is 122 Å². The molecule has 4 fully saturated rings. The Labute approximate surface area is 341 Å². The summed E-state index contributed by atoms with van der Waals surface area (Å²) in [6.45, 7) is 9.16. The molecule has 1 saturated carbocycles. The largest absolute Gasteiger partial charge is 0.496 e. The summed E-state index contributed by atoms with van der Waals surface area (Å²) in [5, 5.41) is 14.5. The first-order valence-corrected chi connectivity index (χ1v) is 21.5. The van der Waals surface area contributed by atoms with Crippen LogP contribution in [0.1, 0.15) is 94.5 Å². The smallest absolute Gasteiger partial charge is 0.344 e. The summed E-state index contributed by atoms with van der Waals surface area (Å²) in [6.07, 6.45) is 6.03. The molecule has 9 rings (SSSR count). The molecule has 1 spiro atoms. The van der Waals surface area contributed by atoms with E-state index < -0.39 is 45.9 Å². The maximum absolute atomic E-state index is 15.3. The van der Waals surface area contributed by atoms with Crippen molar-refractivity contribution in [1.82, 2.24) is 14.8 Å². The Balaban J connectivity index is 1.36. The van der Waals surface area contributed by atoms with E-state index in [9.17, 15) is 14.7 Å². The second-order valence-corrected chi connectivity index (χ2v) is 18.2. The summed E-state index contributed by atoms with van der Waals surface area (Å²) < 4.78 is 24.1. The topological polar surface area (TPSA) is 134 Å². The molecule has 6 heterocycles. The van der Waals surface area contributed by atoms with Crippen molar-refractivity contribution in [1.29, 1.82) is 0 Å². The Morgan fingerprint density at radius 1 is 0.931 bits per heavy atom. The highest BCUT2D eigenvalue weighted by Crippen LogP contribution is 2.69. The number of aromatic amines is 1. The third-order valence-corrected chi connectivity index (χ3v) is 16.1. The average molecular weight is 797 g/mol. The zero-order valence-electron chi connectivity index (χ0n) is 35.2. The molecular formula is C46H60N4O8. The van der Waals surface area contributed by atoms with E-state index in [2.05, 4.69) is 52.9 Å². The van der Waals surface area contributed by atoms with Crippen LogP contribution in [0.25, 0.3) is 10.9 Å². The number of para-hydroxylation sites is 1. The predicted octanol–water partition coefficient (Wildman–Crippen LogP) is 5.24. The molecule has 5 aliphatic heterocycles. The number of benzene rings is 2. The molecule has 12 nitrogen and oxygen atoms in total. The molecule has 2 N–H and O–H groups in total. The average Bonchev–Trinajstić information content (AvgIpc) is 3.89. The minimum atomic E-state index is -2.22. The number of likely N-dealkylation sites (N-methyl/N-ethyl adjacent to an activating group) is 1. The minimum absolute atomic E-state index is 0.112. The van der Waals surface area contributed by atoms with E-state index in [0.29, 0.717) is 37.4 Å². The van der Waals surface area contributed by atoms with E-state index >= 15 is 4.79 Å². The molecular weight excluding hydrogens is 737 g/mol. The molecule has 3 saturated heterocycles. The highest BCUT2D eigenvalue weighted by molar-refractivity contribution is 5.95. The van der Waals surface area contributed by atoms with Crippen LogP contribution in [0.3, 0.4) is 0 Å². The van der Waals surface area contributed by atoms with Gasteiger partial charge in [-0.1, -0.05) is 38.5 Å². The number of aliphatic hydroxyl groups is 1. The van der Waals surface area contributed by atoms with Gasteiger partial charge in [0.25, 0.3) is 0 Å². The lowest BCUT2D eigenvalue weighted by Crippen LogP contribution is -2.82. The number of esters is 3. The second kappa shape index (κ2) is 14.0. The molecule has 6 aliphatic rings. The van der Waals surface area contributed by atoms with Gasteiger partial charge in [-0.2, -0.15) is 0 Å². The van der Waals surface area contributed by atoms with Crippen LogP contribution < -0.4 is 9.64 Å². The van der Waals surface area contributed by atoms with Crippen LogP contribution in [0, 0.1) is 11.3 Å². The van der Waals surface area contributed by atoms with Crippen molar-refractivity contribution < 1.29 is 38.4 Å². The van der Waals surface area contributed by atoms with Gasteiger partial charge in [-0.25, -0.2) is 4.79 Å². The monoisotopic (exact) mass is 796 g/mol. The fraction of sp³-hybridized carbons (Fsp3) is 0.630. The fourth-order valence-corrected chi connectivity index (χ4v) is 13.9. The highest BCUT2D eigenvalue weighted by atomic mass is 16.6. The molecule has 3 aromatic rings. The number of piperidine rings is 2. The van der Waals surface area contributed by atoms with Crippen molar-refractivity contribution in [3.05, 3.63) is 58.8 Å². The Bertz CT molecular complexity index is 2150. The standard InChI is InChI=1S/C46H60N4O8/c1-8-28-15-20-49-21-16-31-30-13-10-11-14-34(30)47-37(31)45(41(52)56-6,26-29(49)23-28)33-24-32-35(25-36(33)55-5)48(4)39-44(32)18-22-50-19-12-17-43(9-2,38(44)50)40(58-27(3)51)46(39,54)42(53)57-7/h10-11,13-14,24-25,28-29,38-40,47,54H,8-9,12,15-23,26H2,1-7H3. The third kappa shape index (κ3) is 5.00. The number of nitrogens with zero attached hydrogens (tertiary/aromatic N) is 3. The summed E-state index contributed by atoms with van der Waals surface area (Å²) in [7, 11) is 6.33. The van der Waals surface area contributed by atoms with E-state index in [4.69, 9.17) is 18.9 Å². The van der Waals surface area contributed by atoms with Gasteiger partial charge in [-0.05, 0) is 100 Å². The summed E-state index contributed by atoms with van der Waals surface area (Å²) in [5.41, 5.74) is 0.313. The molecule has 0 amide bonds. The summed E-state index contributed by atoms with van der Waals surface area (Å²) in [6, 6.07) is 11.6. The molecule has 312 valence electrons. The van der Waals surface area contributed by atoms with Gasteiger partial charge in [0, 0.05) is 77.3 Å². The van der Waals surface area contributed by atoms with Crippen molar-refractivity contribution in [2.75, 3.05) is 59.5 Å². The molecule has 12 heteroatoms. The summed E-state index contributed by atoms with van der Waals surface area (Å²) >= 11 is 0. The Kier molecular flexibility index (Phi) is 9.48. The number of hydrogen-bond acceptors (Lipinski definition) is 11. The van der Waals surface area contributed by atoms with E-state index in [-0.39, 0.29) is 18.1 Å². The second-order valence-electron chi connectivity index (χ2n) is 18.2.